The van der Waals surface area contributed by atoms with E-state index < -0.39 is 0 Å². The molecule has 0 aliphatic carbocycles. The minimum absolute atomic E-state index is 0.895. The Balaban J connectivity index is 1.28. The van der Waals surface area contributed by atoms with Crippen molar-refractivity contribution in [2.75, 3.05) is 5.32 Å². The van der Waals surface area contributed by atoms with Gasteiger partial charge in [0.15, 0.2) is 0 Å². The fourth-order valence-corrected chi connectivity index (χ4v) is 6.65. The van der Waals surface area contributed by atoms with Crippen molar-refractivity contribution < 1.29 is 4.42 Å². The molecular weight excluding hydrogens is 470 g/mol. The number of hydrogen-bond donors (Lipinski definition) is 1. The number of furan rings is 1. The Morgan fingerprint density at radius 2 is 1.35 bits per heavy atom. The zero-order valence-corrected chi connectivity index (χ0v) is 20.7. The molecule has 0 aliphatic rings. The number of rotatable bonds is 3. The molecule has 0 spiro atoms. The summed E-state index contributed by atoms with van der Waals surface area (Å²) in [7, 11) is 0. The van der Waals surface area contributed by atoms with Crippen LogP contribution in [0.1, 0.15) is 0 Å². The van der Waals surface area contributed by atoms with Crippen molar-refractivity contribution in [1.29, 1.82) is 0 Å². The van der Waals surface area contributed by atoms with Crippen molar-refractivity contribution in [1.82, 2.24) is 0 Å². The molecule has 6 aromatic carbocycles. The van der Waals surface area contributed by atoms with E-state index >= 15 is 0 Å². The fraction of sp³-hybridized carbons (Fsp3) is 0. The molecular formula is C34H21NOS. The first kappa shape index (κ1) is 20.6. The monoisotopic (exact) mass is 491 g/mol. The van der Waals surface area contributed by atoms with Gasteiger partial charge in [-0.05, 0) is 64.4 Å². The van der Waals surface area contributed by atoms with Crippen molar-refractivity contribution in [2.45, 2.75) is 0 Å². The van der Waals surface area contributed by atoms with Crippen LogP contribution in [0.3, 0.4) is 0 Å². The average molecular weight is 492 g/mol. The molecule has 174 valence electrons. The van der Waals surface area contributed by atoms with E-state index in [-0.39, 0.29) is 0 Å². The molecule has 2 heterocycles. The number of thiophene rings is 1. The maximum absolute atomic E-state index is 6.14. The van der Waals surface area contributed by atoms with Crippen LogP contribution in [0, 0.1) is 0 Å². The number of hydrogen-bond acceptors (Lipinski definition) is 3. The van der Waals surface area contributed by atoms with E-state index in [2.05, 4.69) is 115 Å². The largest absolute Gasteiger partial charge is 0.456 e. The second-order valence-corrected chi connectivity index (χ2v) is 10.5. The summed E-state index contributed by atoms with van der Waals surface area (Å²) < 4.78 is 8.71. The van der Waals surface area contributed by atoms with E-state index in [9.17, 15) is 0 Å². The zero-order valence-electron chi connectivity index (χ0n) is 19.9. The molecule has 2 aromatic heterocycles. The van der Waals surface area contributed by atoms with Crippen molar-refractivity contribution in [3.05, 3.63) is 121 Å². The van der Waals surface area contributed by atoms with Crippen LogP contribution in [0.2, 0.25) is 0 Å². The van der Waals surface area contributed by atoms with Gasteiger partial charge in [-0.1, -0.05) is 72.8 Å². The highest BCUT2D eigenvalue weighted by Crippen LogP contribution is 2.42. The molecule has 0 radical (unpaired) electrons. The summed E-state index contributed by atoms with van der Waals surface area (Å²) in [5.41, 5.74) is 6.44. The van der Waals surface area contributed by atoms with Gasteiger partial charge in [-0.2, -0.15) is 0 Å². The molecule has 0 saturated heterocycles. The molecule has 2 nitrogen and oxygen atoms in total. The third-order valence-electron chi connectivity index (χ3n) is 7.25. The molecule has 0 atom stereocenters. The van der Waals surface area contributed by atoms with Crippen molar-refractivity contribution in [3.63, 3.8) is 0 Å². The lowest BCUT2D eigenvalue weighted by Gasteiger charge is -2.10. The van der Waals surface area contributed by atoms with Crippen LogP contribution in [0.15, 0.2) is 126 Å². The first-order valence-corrected chi connectivity index (χ1v) is 13.3. The highest BCUT2D eigenvalue weighted by molar-refractivity contribution is 7.26. The van der Waals surface area contributed by atoms with E-state index in [0.717, 1.165) is 33.3 Å². The highest BCUT2D eigenvalue weighted by Gasteiger charge is 2.13. The van der Waals surface area contributed by atoms with E-state index in [4.69, 9.17) is 4.42 Å². The number of anilines is 2. The van der Waals surface area contributed by atoms with Gasteiger partial charge in [0.05, 0.1) is 0 Å². The molecule has 37 heavy (non-hydrogen) atoms. The molecule has 0 aliphatic heterocycles. The number of nitrogens with one attached hydrogen (secondary N) is 1. The van der Waals surface area contributed by atoms with Crippen molar-refractivity contribution in [3.8, 4) is 11.1 Å². The third-order valence-corrected chi connectivity index (χ3v) is 8.39. The van der Waals surface area contributed by atoms with Gasteiger partial charge in [-0.25, -0.2) is 0 Å². The van der Waals surface area contributed by atoms with Crippen LogP contribution in [0.25, 0.3) is 64.0 Å². The summed E-state index contributed by atoms with van der Waals surface area (Å²) in [6.45, 7) is 0. The van der Waals surface area contributed by atoms with E-state index in [1.807, 2.05) is 23.5 Å². The van der Waals surface area contributed by atoms with Crippen LogP contribution in [0.4, 0.5) is 11.4 Å². The Morgan fingerprint density at radius 1 is 0.541 bits per heavy atom. The van der Waals surface area contributed by atoms with Crippen molar-refractivity contribution in [2.24, 2.45) is 0 Å². The van der Waals surface area contributed by atoms with E-state index in [0.29, 0.717) is 0 Å². The standard InChI is InChI=1S/C34H21NOS/c1-2-9-24-21(7-1)8-5-11-25(24)22-15-18-32-28(19-22)34-29(12-6-14-33(34)37-32)35-23-16-17-27-26-10-3-4-13-30(26)36-31(27)20-23/h1-20,35H. The quantitative estimate of drug-likeness (QED) is 0.266. The summed E-state index contributed by atoms with van der Waals surface area (Å²) in [6.07, 6.45) is 0. The highest BCUT2D eigenvalue weighted by atomic mass is 32.1. The summed E-state index contributed by atoms with van der Waals surface area (Å²) in [5.74, 6) is 0. The average Bonchev–Trinajstić information content (AvgIpc) is 3.50. The van der Waals surface area contributed by atoms with Gasteiger partial charge in [0.25, 0.3) is 0 Å². The minimum Gasteiger partial charge on any atom is -0.456 e. The number of fused-ring (bicyclic) bond motifs is 7. The summed E-state index contributed by atoms with van der Waals surface area (Å²) in [6, 6.07) is 43.1. The lowest BCUT2D eigenvalue weighted by Crippen LogP contribution is -1.90. The Hall–Kier alpha value is -4.60. The zero-order chi connectivity index (χ0) is 24.3. The van der Waals surface area contributed by atoms with Crippen molar-refractivity contribution >= 4 is 75.6 Å². The molecule has 0 fully saturated rings. The number of benzene rings is 6. The van der Waals surface area contributed by atoms with Gasteiger partial charge in [0, 0.05) is 48.4 Å². The third kappa shape index (κ3) is 3.25. The van der Waals surface area contributed by atoms with Gasteiger partial charge in [-0.15, -0.1) is 11.3 Å². The smallest absolute Gasteiger partial charge is 0.137 e. The predicted molar refractivity (Wildman–Crippen MR) is 159 cm³/mol. The van der Waals surface area contributed by atoms with Gasteiger partial charge in [0.1, 0.15) is 11.2 Å². The van der Waals surface area contributed by atoms with Crippen LogP contribution >= 0.6 is 11.3 Å². The first-order chi connectivity index (χ1) is 18.3. The molecule has 8 aromatic rings. The van der Waals surface area contributed by atoms with Gasteiger partial charge >= 0.3 is 0 Å². The van der Waals surface area contributed by atoms with Gasteiger partial charge in [-0.3, -0.25) is 0 Å². The Kier molecular flexibility index (Phi) is 4.42. The van der Waals surface area contributed by atoms with Gasteiger partial charge < -0.3 is 9.73 Å². The van der Waals surface area contributed by atoms with Crippen LogP contribution in [0.5, 0.6) is 0 Å². The molecule has 0 unspecified atom stereocenters. The van der Waals surface area contributed by atoms with E-state index in [1.54, 1.807) is 0 Å². The van der Waals surface area contributed by atoms with Crippen LogP contribution in [-0.4, -0.2) is 0 Å². The first-order valence-electron chi connectivity index (χ1n) is 12.4. The Labute approximate surface area is 217 Å². The lowest BCUT2D eigenvalue weighted by molar-refractivity contribution is 0.669. The SMILES string of the molecule is c1ccc2c(-c3ccc4sc5cccc(Nc6ccc7c(c6)oc6ccccc67)c5c4c3)cccc2c1. The summed E-state index contributed by atoms with van der Waals surface area (Å²) in [5, 5.41) is 11.1. The second-order valence-electron chi connectivity index (χ2n) is 9.45. The lowest BCUT2D eigenvalue weighted by atomic mass is 9.97. The maximum Gasteiger partial charge on any atom is 0.137 e. The van der Waals surface area contributed by atoms with Crippen LogP contribution in [-0.2, 0) is 0 Å². The predicted octanol–water partition coefficient (Wildman–Crippen LogP) is 10.5. The molecule has 0 amide bonds. The molecule has 3 heteroatoms. The molecule has 8 rings (SSSR count). The second kappa shape index (κ2) is 7.95. The van der Waals surface area contributed by atoms with Crippen LogP contribution < -0.4 is 5.32 Å². The Bertz CT molecular complexity index is 2130. The van der Waals surface area contributed by atoms with Gasteiger partial charge in [0.2, 0.25) is 0 Å². The molecule has 0 saturated carbocycles. The number of para-hydroxylation sites is 1. The van der Waals surface area contributed by atoms with E-state index in [1.165, 1.54) is 42.1 Å². The Morgan fingerprint density at radius 3 is 2.32 bits per heavy atom. The molecule has 1 N–H and O–H groups in total. The fourth-order valence-electron chi connectivity index (χ4n) is 5.53. The summed E-state index contributed by atoms with van der Waals surface area (Å²) >= 11 is 1.84. The summed E-state index contributed by atoms with van der Waals surface area (Å²) in [4.78, 5) is 0. The topological polar surface area (TPSA) is 25.2 Å². The minimum atomic E-state index is 0.895. The maximum atomic E-state index is 6.14. The molecule has 0 bridgehead atoms. The normalized spacial score (nSPS) is 11.8.